The third-order valence-corrected chi connectivity index (χ3v) is 4.32. The molecular weight excluding hydrogens is 296 g/mol. The molecule has 2 fully saturated rings. The summed E-state index contributed by atoms with van der Waals surface area (Å²) in [6.45, 7) is 3.78. The monoisotopic (exact) mass is 318 g/mol. The van der Waals surface area contributed by atoms with Crippen molar-refractivity contribution >= 4 is 12.0 Å². The van der Waals surface area contributed by atoms with Gasteiger partial charge in [0.25, 0.3) is 0 Å². The Morgan fingerprint density at radius 2 is 1.83 bits per heavy atom. The van der Waals surface area contributed by atoms with E-state index in [4.69, 9.17) is 9.47 Å². The van der Waals surface area contributed by atoms with E-state index in [0.717, 1.165) is 5.56 Å². The molecule has 2 heterocycles. The van der Waals surface area contributed by atoms with Gasteiger partial charge in [-0.05, 0) is 12.0 Å². The summed E-state index contributed by atoms with van der Waals surface area (Å²) < 4.78 is 10.6. The number of rotatable bonds is 3. The first-order valence-electron chi connectivity index (χ1n) is 8.06. The summed E-state index contributed by atoms with van der Waals surface area (Å²) in [4.78, 5) is 28.0. The Morgan fingerprint density at radius 3 is 2.57 bits per heavy atom. The highest BCUT2D eigenvalue weighted by Gasteiger charge is 2.34. The second-order valence-corrected chi connectivity index (χ2v) is 5.91. The average Bonchev–Trinajstić information content (AvgIpc) is 3.11. The van der Waals surface area contributed by atoms with Gasteiger partial charge in [-0.2, -0.15) is 0 Å². The quantitative estimate of drug-likeness (QED) is 0.847. The lowest BCUT2D eigenvalue weighted by molar-refractivity contribution is -0.139. The van der Waals surface area contributed by atoms with Crippen LogP contribution in [0.2, 0.25) is 0 Å². The minimum Gasteiger partial charge on any atom is -0.445 e. The Labute approximate surface area is 136 Å². The van der Waals surface area contributed by atoms with E-state index in [1.807, 2.05) is 35.2 Å². The molecule has 2 aliphatic rings. The zero-order chi connectivity index (χ0) is 16.1. The number of morpholine rings is 1. The molecule has 0 aromatic heterocycles. The van der Waals surface area contributed by atoms with Gasteiger partial charge in [0.2, 0.25) is 5.91 Å². The minimum atomic E-state index is -0.342. The maximum Gasteiger partial charge on any atom is 0.410 e. The smallest absolute Gasteiger partial charge is 0.410 e. The van der Waals surface area contributed by atoms with Crippen LogP contribution in [0.15, 0.2) is 30.3 Å². The van der Waals surface area contributed by atoms with E-state index in [-0.39, 0.29) is 24.5 Å². The summed E-state index contributed by atoms with van der Waals surface area (Å²) >= 11 is 0. The van der Waals surface area contributed by atoms with E-state index in [2.05, 4.69) is 0 Å². The van der Waals surface area contributed by atoms with Crippen molar-refractivity contribution in [3.63, 3.8) is 0 Å². The molecule has 3 rings (SSSR count). The number of hydrogen-bond donors (Lipinski definition) is 0. The molecule has 6 nitrogen and oxygen atoms in total. The van der Waals surface area contributed by atoms with Gasteiger partial charge in [-0.15, -0.1) is 0 Å². The van der Waals surface area contributed by atoms with Crippen LogP contribution in [0.1, 0.15) is 12.0 Å². The number of amides is 2. The number of ether oxygens (including phenoxy) is 2. The van der Waals surface area contributed by atoms with E-state index in [1.54, 1.807) is 4.90 Å². The van der Waals surface area contributed by atoms with Crippen molar-refractivity contribution in [3.8, 4) is 0 Å². The van der Waals surface area contributed by atoms with Gasteiger partial charge in [0, 0.05) is 26.2 Å². The van der Waals surface area contributed by atoms with Crippen LogP contribution in [-0.2, 0) is 20.9 Å². The topological polar surface area (TPSA) is 59.1 Å². The van der Waals surface area contributed by atoms with E-state index >= 15 is 0 Å². The number of nitrogens with zero attached hydrogens (tertiary/aromatic N) is 2. The van der Waals surface area contributed by atoms with Crippen LogP contribution in [0.3, 0.4) is 0 Å². The van der Waals surface area contributed by atoms with Crippen molar-refractivity contribution in [3.05, 3.63) is 35.9 Å². The number of carbonyl (C=O) groups is 2. The van der Waals surface area contributed by atoms with Crippen LogP contribution >= 0.6 is 0 Å². The van der Waals surface area contributed by atoms with Gasteiger partial charge in [0.1, 0.15) is 6.61 Å². The van der Waals surface area contributed by atoms with E-state index in [9.17, 15) is 9.59 Å². The van der Waals surface area contributed by atoms with E-state index in [0.29, 0.717) is 45.8 Å². The molecule has 0 spiro atoms. The maximum atomic E-state index is 12.4. The van der Waals surface area contributed by atoms with Crippen molar-refractivity contribution in [1.29, 1.82) is 0 Å². The van der Waals surface area contributed by atoms with Crippen molar-refractivity contribution in [2.45, 2.75) is 13.0 Å². The van der Waals surface area contributed by atoms with Crippen LogP contribution in [0.25, 0.3) is 0 Å². The first kappa shape index (κ1) is 15.8. The molecule has 0 unspecified atom stereocenters. The second-order valence-electron chi connectivity index (χ2n) is 5.91. The summed E-state index contributed by atoms with van der Waals surface area (Å²) in [5.74, 6) is 0.0176. The molecule has 1 atom stereocenters. The van der Waals surface area contributed by atoms with Gasteiger partial charge in [0.05, 0.1) is 19.1 Å². The number of likely N-dealkylation sites (tertiary alicyclic amines) is 1. The van der Waals surface area contributed by atoms with Gasteiger partial charge < -0.3 is 19.3 Å². The molecule has 0 radical (unpaired) electrons. The van der Waals surface area contributed by atoms with Crippen molar-refractivity contribution in [2.24, 2.45) is 5.92 Å². The number of hydrogen-bond acceptors (Lipinski definition) is 4. The second kappa shape index (κ2) is 7.46. The fourth-order valence-electron chi connectivity index (χ4n) is 2.98. The van der Waals surface area contributed by atoms with Crippen LogP contribution < -0.4 is 0 Å². The van der Waals surface area contributed by atoms with Crippen LogP contribution in [0, 0.1) is 5.92 Å². The maximum absolute atomic E-state index is 12.4. The highest BCUT2D eigenvalue weighted by Crippen LogP contribution is 2.20. The SMILES string of the molecule is O=C(OCc1ccccc1)N1CC[C@@H](C(=O)N2CCOCC2)C1. The van der Waals surface area contributed by atoms with Crippen LogP contribution in [0.5, 0.6) is 0 Å². The molecule has 0 aliphatic carbocycles. The van der Waals surface area contributed by atoms with E-state index < -0.39 is 0 Å². The Balaban J connectivity index is 1.46. The number of benzene rings is 1. The molecule has 6 heteroatoms. The summed E-state index contributed by atoms with van der Waals surface area (Å²) in [5.41, 5.74) is 0.959. The van der Waals surface area contributed by atoms with Gasteiger partial charge in [-0.25, -0.2) is 4.79 Å². The molecule has 2 aliphatic heterocycles. The molecule has 0 saturated carbocycles. The Hall–Kier alpha value is -2.08. The Morgan fingerprint density at radius 1 is 1.09 bits per heavy atom. The summed E-state index contributed by atoms with van der Waals surface area (Å²) in [6.07, 6.45) is 0.363. The summed E-state index contributed by atoms with van der Waals surface area (Å²) in [7, 11) is 0. The molecule has 1 aromatic rings. The van der Waals surface area contributed by atoms with Crippen molar-refractivity contribution < 1.29 is 19.1 Å². The van der Waals surface area contributed by atoms with Crippen LogP contribution in [0.4, 0.5) is 4.79 Å². The molecule has 124 valence electrons. The molecule has 0 bridgehead atoms. The van der Waals surface area contributed by atoms with E-state index in [1.165, 1.54) is 0 Å². The number of carbonyl (C=O) groups excluding carboxylic acids is 2. The summed E-state index contributed by atoms with van der Waals surface area (Å²) in [6, 6.07) is 9.59. The lowest BCUT2D eigenvalue weighted by atomic mass is 10.1. The van der Waals surface area contributed by atoms with Gasteiger partial charge in [-0.1, -0.05) is 30.3 Å². The fraction of sp³-hybridized carbons (Fsp3) is 0.529. The van der Waals surface area contributed by atoms with Gasteiger partial charge >= 0.3 is 6.09 Å². The Kier molecular flexibility index (Phi) is 5.12. The molecule has 1 aromatic carbocycles. The van der Waals surface area contributed by atoms with Crippen molar-refractivity contribution in [2.75, 3.05) is 39.4 Å². The summed E-state index contributed by atoms with van der Waals surface area (Å²) in [5, 5.41) is 0. The zero-order valence-corrected chi connectivity index (χ0v) is 13.1. The van der Waals surface area contributed by atoms with Crippen molar-refractivity contribution in [1.82, 2.24) is 9.80 Å². The lowest BCUT2D eigenvalue weighted by Gasteiger charge is -2.29. The normalized spacial score (nSPS) is 21.3. The third kappa shape index (κ3) is 4.01. The van der Waals surface area contributed by atoms with Crippen LogP contribution in [-0.4, -0.2) is 61.2 Å². The lowest BCUT2D eigenvalue weighted by Crippen LogP contribution is -2.44. The molecule has 2 amide bonds. The minimum absolute atomic E-state index is 0.114. The third-order valence-electron chi connectivity index (χ3n) is 4.32. The highest BCUT2D eigenvalue weighted by molar-refractivity contribution is 5.80. The fourth-order valence-corrected chi connectivity index (χ4v) is 2.98. The predicted molar refractivity (Wildman–Crippen MR) is 83.7 cm³/mol. The molecule has 0 N–H and O–H groups in total. The highest BCUT2D eigenvalue weighted by atomic mass is 16.6. The standard InChI is InChI=1S/C17H22N2O4/c20-16(18-8-10-22-11-9-18)15-6-7-19(12-15)17(21)23-13-14-4-2-1-3-5-14/h1-5,15H,6-13H2/t15-/m1/s1. The van der Waals surface area contributed by atoms with Gasteiger partial charge in [0.15, 0.2) is 0 Å². The largest absolute Gasteiger partial charge is 0.445 e. The zero-order valence-electron chi connectivity index (χ0n) is 13.1. The average molecular weight is 318 g/mol. The predicted octanol–water partition coefficient (Wildman–Crippen LogP) is 1.50. The molecule has 2 saturated heterocycles. The molecular formula is C17H22N2O4. The van der Waals surface area contributed by atoms with Gasteiger partial charge in [-0.3, -0.25) is 4.79 Å². The first-order chi connectivity index (χ1) is 11.2. The molecule has 23 heavy (non-hydrogen) atoms. The first-order valence-corrected chi connectivity index (χ1v) is 8.06. The Bertz CT molecular complexity index is 543.